The molecule has 0 saturated carbocycles. The zero-order valence-electron chi connectivity index (χ0n) is 13.5. The Kier molecular flexibility index (Phi) is 6.18. The van der Waals surface area contributed by atoms with E-state index in [0.29, 0.717) is 25.2 Å². The van der Waals surface area contributed by atoms with Crippen LogP contribution in [0.15, 0.2) is 24.3 Å². The summed E-state index contributed by atoms with van der Waals surface area (Å²) >= 11 is 0. The van der Waals surface area contributed by atoms with Crippen LogP contribution >= 0.6 is 0 Å². The number of hydrazine groups is 1. The normalized spacial score (nSPS) is 25.0. The van der Waals surface area contributed by atoms with Gasteiger partial charge in [0.15, 0.2) is 0 Å². The maximum atomic E-state index is 6.02. The summed E-state index contributed by atoms with van der Waals surface area (Å²) in [5.41, 5.74) is 12.1. The summed E-state index contributed by atoms with van der Waals surface area (Å²) in [7, 11) is 1.72. The third kappa shape index (κ3) is 4.27. The molecule has 1 heterocycles. The van der Waals surface area contributed by atoms with Crippen LogP contribution in [-0.2, 0) is 11.3 Å². The Morgan fingerprint density at radius 1 is 1.33 bits per heavy atom. The highest BCUT2D eigenvalue weighted by Gasteiger charge is 2.26. The molecule has 1 aliphatic rings. The van der Waals surface area contributed by atoms with Crippen LogP contribution in [0.25, 0.3) is 0 Å². The molecule has 3 atom stereocenters. The fourth-order valence-electron chi connectivity index (χ4n) is 3.19. The van der Waals surface area contributed by atoms with Crippen LogP contribution in [0.2, 0.25) is 0 Å². The number of benzene rings is 1. The molecule has 1 aliphatic heterocycles. The van der Waals surface area contributed by atoms with Crippen molar-refractivity contribution in [2.45, 2.75) is 57.8 Å². The van der Waals surface area contributed by atoms with Crippen molar-refractivity contribution >= 4 is 0 Å². The number of piperidine rings is 1. The van der Waals surface area contributed by atoms with Crippen LogP contribution in [0.1, 0.15) is 50.3 Å². The highest BCUT2D eigenvalue weighted by atomic mass is 16.5. The van der Waals surface area contributed by atoms with Gasteiger partial charge in [-0.2, -0.15) is 0 Å². The minimum atomic E-state index is 0.157. The summed E-state index contributed by atoms with van der Waals surface area (Å²) in [5, 5.41) is 2.39. The fourth-order valence-corrected chi connectivity index (χ4v) is 3.19. The van der Waals surface area contributed by atoms with E-state index in [-0.39, 0.29) is 6.04 Å². The maximum absolute atomic E-state index is 6.02. The fraction of sp³-hybridized carbons (Fsp3) is 0.647. The van der Waals surface area contributed by atoms with Gasteiger partial charge in [-0.1, -0.05) is 30.7 Å². The van der Waals surface area contributed by atoms with E-state index < -0.39 is 0 Å². The molecule has 3 unspecified atom stereocenters. The number of rotatable bonds is 6. The van der Waals surface area contributed by atoms with Crippen molar-refractivity contribution in [3.63, 3.8) is 0 Å². The number of nitrogens with one attached hydrogen (secondary N) is 1. The lowest BCUT2D eigenvalue weighted by atomic mass is 9.99. The molecule has 1 aromatic rings. The quantitative estimate of drug-likeness (QED) is 0.846. The van der Waals surface area contributed by atoms with Crippen LogP contribution < -0.4 is 11.2 Å². The number of hydrogen-bond acceptors (Lipinski definition) is 4. The Labute approximate surface area is 128 Å². The lowest BCUT2D eigenvalue weighted by molar-refractivity contribution is 0.0304. The average molecular weight is 291 g/mol. The van der Waals surface area contributed by atoms with E-state index in [4.69, 9.17) is 10.5 Å². The third-order valence-corrected chi connectivity index (χ3v) is 4.40. The van der Waals surface area contributed by atoms with Gasteiger partial charge < -0.3 is 10.5 Å². The van der Waals surface area contributed by atoms with Crippen molar-refractivity contribution in [3.8, 4) is 0 Å². The topological polar surface area (TPSA) is 50.5 Å². The minimum absolute atomic E-state index is 0.157. The smallest absolute Gasteiger partial charge is 0.0713 e. The molecule has 0 aliphatic carbocycles. The highest BCUT2D eigenvalue weighted by molar-refractivity contribution is 5.26. The molecule has 0 amide bonds. The molecular weight excluding hydrogens is 262 g/mol. The third-order valence-electron chi connectivity index (χ3n) is 4.40. The van der Waals surface area contributed by atoms with Gasteiger partial charge in [0.25, 0.3) is 0 Å². The molecule has 0 radical (unpaired) electrons. The molecule has 21 heavy (non-hydrogen) atoms. The van der Waals surface area contributed by atoms with Gasteiger partial charge in [-0.3, -0.25) is 0 Å². The standard InChI is InChI=1S/C17H29N3O/c1-13-6-4-7-14(2)20(13)19-17(11-18)16-9-5-8-15(10-16)12-21-3/h5,8-10,13-14,17,19H,4,6-7,11-12,18H2,1-3H3. The lowest BCUT2D eigenvalue weighted by Crippen LogP contribution is -2.54. The second-order valence-electron chi connectivity index (χ2n) is 6.13. The SMILES string of the molecule is COCc1cccc(C(CN)NN2C(C)CCCC2C)c1. The van der Waals surface area contributed by atoms with Crippen molar-refractivity contribution in [1.29, 1.82) is 0 Å². The number of nitrogens with two attached hydrogens (primary N) is 1. The van der Waals surface area contributed by atoms with E-state index >= 15 is 0 Å². The molecule has 2 rings (SSSR count). The molecule has 118 valence electrons. The number of hydrogen-bond donors (Lipinski definition) is 2. The van der Waals surface area contributed by atoms with Crippen molar-refractivity contribution < 1.29 is 4.74 Å². The van der Waals surface area contributed by atoms with E-state index in [1.165, 1.54) is 30.4 Å². The van der Waals surface area contributed by atoms with Gasteiger partial charge in [-0.05, 0) is 37.8 Å². The first-order valence-electron chi connectivity index (χ1n) is 7.98. The molecule has 3 N–H and O–H groups in total. The van der Waals surface area contributed by atoms with Gasteiger partial charge >= 0.3 is 0 Å². The maximum Gasteiger partial charge on any atom is 0.0713 e. The van der Waals surface area contributed by atoms with Gasteiger partial charge in [-0.25, -0.2) is 10.4 Å². The predicted molar refractivity (Wildman–Crippen MR) is 86.7 cm³/mol. The highest BCUT2D eigenvalue weighted by Crippen LogP contribution is 2.23. The molecule has 1 aromatic carbocycles. The molecular formula is C17H29N3O. The molecule has 1 saturated heterocycles. The Morgan fingerprint density at radius 3 is 2.67 bits per heavy atom. The molecule has 4 heteroatoms. The Hall–Kier alpha value is -0.940. The summed E-state index contributed by atoms with van der Waals surface area (Å²) < 4.78 is 5.22. The van der Waals surface area contributed by atoms with E-state index in [1.807, 2.05) is 0 Å². The number of ether oxygens (including phenoxy) is 1. The minimum Gasteiger partial charge on any atom is -0.380 e. The largest absolute Gasteiger partial charge is 0.380 e. The zero-order valence-corrected chi connectivity index (χ0v) is 13.5. The van der Waals surface area contributed by atoms with Crippen LogP contribution in [-0.4, -0.2) is 30.7 Å². The lowest BCUT2D eigenvalue weighted by Gasteiger charge is -2.41. The van der Waals surface area contributed by atoms with Gasteiger partial charge in [-0.15, -0.1) is 0 Å². The first-order valence-corrected chi connectivity index (χ1v) is 7.98. The van der Waals surface area contributed by atoms with Gasteiger partial charge in [0.05, 0.1) is 12.6 Å². The summed E-state index contributed by atoms with van der Waals surface area (Å²) in [4.78, 5) is 0. The zero-order chi connectivity index (χ0) is 15.2. The van der Waals surface area contributed by atoms with Crippen LogP contribution in [0, 0.1) is 0 Å². The summed E-state index contributed by atoms with van der Waals surface area (Å²) in [5.74, 6) is 0. The number of methoxy groups -OCH3 is 1. The Bertz CT molecular complexity index is 428. The molecule has 0 spiro atoms. The van der Waals surface area contributed by atoms with Crippen LogP contribution in [0.4, 0.5) is 0 Å². The van der Waals surface area contributed by atoms with E-state index in [1.54, 1.807) is 7.11 Å². The number of nitrogens with zero attached hydrogens (tertiary/aromatic N) is 1. The van der Waals surface area contributed by atoms with Gasteiger partial charge in [0, 0.05) is 25.7 Å². The van der Waals surface area contributed by atoms with Crippen molar-refractivity contribution in [3.05, 3.63) is 35.4 Å². The summed E-state index contributed by atoms with van der Waals surface area (Å²) in [6, 6.07) is 9.78. The predicted octanol–water partition coefficient (Wildman–Crippen LogP) is 2.60. The van der Waals surface area contributed by atoms with Crippen LogP contribution in [0.5, 0.6) is 0 Å². The molecule has 1 fully saturated rings. The van der Waals surface area contributed by atoms with Gasteiger partial charge in [0.2, 0.25) is 0 Å². The summed E-state index contributed by atoms with van der Waals surface area (Å²) in [6.45, 7) is 5.81. The van der Waals surface area contributed by atoms with E-state index in [2.05, 4.69) is 48.5 Å². The van der Waals surface area contributed by atoms with E-state index in [0.717, 1.165) is 0 Å². The molecule has 0 bridgehead atoms. The second kappa shape index (κ2) is 7.90. The van der Waals surface area contributed by atoms with Crippen LogP contribution in [0.3, 0.4) is 0 Å². The van der Waals surface area contributed by atoms with Crippen molar-refractivity contribution in [2.75, 3.05) is 13.7 Å². The first-order chi connectivity index (χ1) is 10.2. The summed E-state index contributed by atoms with van der Waals surface area (Å²) in [6.07, 6.45) is 3.81. The van der Waals surface area contributed by atoms with E-state index in [9.17, 15) is 0 Å². The monoisotopic (exact) mass is 291 g/mol. The van der Waals surface area contributed by atoms with Crippen molar-refractivity contribution in [1.82, 2.24) is 10.4 Å². The second-order valence-corrected chi connectivity index (χ2v) is 6.13. The van der Waals surface area contributed by atoms with Crippen molar-refractivity contribution in [2.24, 2.45) is 5.73 Å². The molecule has 4 nitrogen and oxygen atoms in total. The Morgan fingerprint density at radius 2 is 2.05 bits per heavy atom. The van der Waals surface area contributed by atoms with Gasteiger partial charge in [0.1, 0.15) is 0 Å². The molecule has 0 aromatic heterocycles. The average Bonchev–Trinajstić information content (AvgIpc) is 2.48. The first kappa shape index (κ1) is 16.4. The Balaban J connectivity index is 2.10.